The molecule has 0 amide bonds. The summed E-state index contributed by atoms with van der Waals surface area (Å²) in [4.78, 5) is 0. The van der Waals surface area contributed by atoms with E-state index in [-0.39, 0.29) is 5.75 Å². The topological polar surface area (TPSA) is 49.4 Å². The molecule has 0 aromatic heterocycles. The summed E-state index contributed by atoms with van der Waals surface area (Å²) in [6.07, 6.45) is 0.869. The molecule has 1 aromatic carbocycles. The van der Waals surface area contributed by atoms with Gasteiger partial charge in [-0.3, -0.25) is 0 Å². The second-order valence-corrected chi connectivity index (χ2v) is 6.75. The Kier molecular flexibility index (Phi) is 4.37. The second kappa shape index (κ2) is 5.82. The molecule has 5 heteroatoms. The van der Waals surface area contributed by atoms with Crippen LogP contribution in [0.1, 0.15) is 18.9 Å². The zero-order chi connectivity index (χ0) is 13.0. The van der Waals surface area contributed by atoms with Crippen molar-refractivity contribution in [2.45, 2.75) is 25.1 Å². The molecule has 1 saturated heterocycles. The highest BCUT2D eigenvalue weighted by Gasteiger charge is 2.24. The van der Waals surface area contributed by atoms with Crippen LogP contribution in [0.4, 0.5) is 0 Å². The summed E-state index contributed by atoms with van der Waals surface area (Å²) in [6, 6.07) is 9.75. The first-order valence-corrected chi connectivity index (χ1v) is 7.94. The van der Waals surface area contributed by atoms with Gasteiger partial charge in [0.05, 0.1) is 5.75 Å². The summed E-state index contributed by atoms with van der Waals surface area (Å²) in [5, 5.41) is 3.30. The molecule has 18 heavy (non-hydrogen) atoms. The summed E-state index contributed by atoms with van der Waals surface area (Å²) in [7, 11) is -3.19. The van der Waals surface area contributed by atoms with Crippen LogP contribution in [0.3, 0.4) is 0 Å². The first-order valence-electron chi connectivity index (χ1n) is 6.33. The van der Waals surface area contributed by atoms with Crippen molar-refractivity contribution in [3.8, 4) is 0 Å². The van der Waals surface area contributed by atoms with Crippen molar-refractivity contribution in [2.75, 3.05) is 19.6 Å². The van der Waals surface area contributed by atoms with Gasteiger partial charge in [-0.05, 0) is 18.9 Å². The molecule has 0 radical (unpaired) electrons. The Morgan fingerprint density at radius 3 is 2.72 bits per heavy atom. The molecular formula is C13H20N2O2S. The molecule has 100 valence electrons. The van der Waals surface area contributed by atoms with Crippen LogP contribution < -0.4 is 5.32 Å². The highest BCUT2D eigenvalue weighted by Crippen LogP contribution is 2.13. The van der Waals surface area contributed by atoms with Crippen LogP contribution in [0.15, 0.2) is 30.3 Å². The molecule has 1 heterocycles. The summed E-state index contributed by atoms with van der Waals surface area (Å²) in [6.45, 7) is 4.01. The van der Waals surface area contributed by atoms with Gasteiger partial charge >= 0.3 is 0 Å². The number of rotatable bonds is 3. The lowest BCUT2D eigenvalue weighted by atomic mass is 10.2. The van der Waals surface area contributed by atoms with Crippen molar-refractivity contribution in [1.29, 1.82) is 0 Å². The molecule has 4 nitrogen and oxygen atoms in total. The maximum atomic E-state index is 12.3. The minimum Gasteiger partial charge on any atom is -0.313 e. The molecule has 1 fully saturated rings. The molecule has 1 aromatic rings. The predicted molar refractivity (Wildman–Crippen MR) is 72.7 cm³/mol. The molecule has 0 aliphatic carbocycles. The van der Waals surface area contributed by atoms with Crippen molar-refractivity contribution in [1.82, 2.24) is 9.62 Å². The van der Waals surface area contributed by atoms with Gasteiger partial charge in [-0.1, -0.05) is 30.3 Å². The lowest BCUT2D eigenvalue weighted by molar-refractivity contribution is 0.428. The summed E-state index contributed by atoms with van der Waals surface area (Å²) < 4.78 is 26.2. The zero-order valence-corrected chi connectivity index (χ0v) is 11.5. The van der Waals surface area contributed by atoms with Gasteiger partial charge < -0.3 is 5.32 Å². The van der Waals surface area contributed by atoms with E-state index in [1.54, 1.807) is 4.31 Å². The smallest absolute Gasteiger partial charge is 0.218 e. The van der Waals surface area contributed by atoms with Gasteiger partial charge in [0.15, 0.2) is 0 Å². The van der Waals surface area contributed by atoms with E-state index in [4.69, 9.17) is 0 Å². The van der Waals surface area contributed by atoms with Crippen LogP contribution in [0.25, 0.3) is 0 Å². The van der Waals surface area contributed by atoms with Gasteiger partial charge in [0, 0.05) is 25.7 Å². The van der Waals surface area contributed by atoms with Gasteiger partial charge in [0.25, 0.3) is 0 Å². The van der Waals surface area contributed by atoms with Crippen LogP contribution in [0, 0.1) is 0 Å². The van der Waals surface area contributed by atoms with Gasteiger partial charge in [-0.2, -0.15) is 0 Å². The van der Waals surface area contributed by atoms with E-state index in [0.717, 1.165) is 18.5 Å². The molecule has 2 rings (SSSR count). The van der Waals surface area contributed by atoms with Crippen LogP contribution >= 0.6 is 0 Å². The normalized spacial score (nSPS) is 22.6. The molecule has 1 unspecified atom stereocenters. The highest BCUT2D eigenvalue weighted by molar-refractivity contribution is 7.88. The standard InChI is InChI=1S/C13H20N2O2S/c1-12-7-9-15(10-8-14-12)18(16,17)11-13-5-3-2-4-6-13/h2-6,12,14H,7-11H2,1H3. The molecule has 1 N–H and O–H groups in total. The quantitative estimate of drug-likeness (QED) is 0.896. The lowest BCUT2D eigenvalue weighted by Gasteiger charge is -2.19. The zero-order valence-electron chi connectivity index (χ0n) is 10.7. The van der Waals surface area contributed by atoms with Crippen LogP contribution in [-0.2, 0) is 15.8 Å². The Labute approximate surface area is 109 Å². The van der Waals surface area contributed by atoms with Crippen molar-refractivity contribution < 1.29 is 8.42 Å². The largest absolute Gasteiger partial charge is 0.313 e. The van der Waals surface area contributed by atoms with Crippen molar-refractivity contribution in [2.24, 2.45) is 0 Å². The van der Waals surface area contributed by atoms with Crippen molar-refractivity contribution in [3.63, 3.8) is 0 Å². The molecular weight excluding hydrogens is 248 g/mol. The van der Waals surface area contributed by atoms with Gasteiger partial charge in [-0.25, -0.2) is 12.7 Å². The van der Waals surface area contributed by atoms with Gasteiger partial charge in [0.1, 0.15) is 0 Å². The Bertz CT molecular complexity index is 473. The highest BCUT2D eigenvalue weighted by atomic mass is 32.2. The average Bonchev–Trinajstić information content (AvgIpc) is 2.55. The number of nitrogens with zero attached hydrogens (tertiary/aromatic N) is 1. The summed E-state index contributed by atoms with van der Waals surface area (Å²) in [5.41, 5.74) is 0.850. The Hall–Kier alpha value is -0.910. The minimum atomic E-state index is -3.19. The second-order valence-electron chi connectivity index (χ2n) is 4.78. The van der Waals surface area contributed by atoms with E-state index >= 15 is 0 Å². The van der Waals surface area contributed by atoms with Crippen molar-refractivity contribution in [3.05, 3.63) is 35.9 Å². The van der Waals surface area contributed by atoms with Gasteiger partial charge in [-0.15, -0.1) is 0 Å². The number of sulfonamides is 1. The Balaban J connectivity index is 2.06. The molecule has 0 spiro atoms. The maximum Gasteiger partial charge on any atom is 0.218 e. The van der Waals surface area contributed by atoms with E-state index < -0.39 is 10.0 Å². The fourth-order valence-electron chi connectivity index (χ4n) is 2.14. The molecule has 0 bridgehead atoms. The third-order valence-corrected chi connectivity index (χ3v) is 5.10. The van der Waals surface area contributed by atoms with Gasteiger partial charge in [0.2, 0.25) is 10.0 Å². The average molecular weight is 268 g/mol. The predicted octanol–water partition coefficient (Wildman–Crippen LogP) is 1.20. The van der Waals surface area contributed by atoms with E-state index in [0.29, 0.717) is 19.1 Å². The first-order chi connectivity index (χ1) is 8.58. The monoisotopic (exact) mass is 268 g/mol. The fourth-order valence-corrected chi connectivity index (χ4v) is 3.69. The number of benzene rings is 1. The van der Waals surface area contributed by atoms with Crippen LogP contribution in [0.5, 0.6) is 0 Å². The molecule has 1 atom stereocenters. The number of nitrogens with one attached hydrogen (secondary N) is 1. The van der Waals surface area contributed by atoms with E-state index in [1.807, 2.05) is 30.3 Å². The Morgan fingerprint density at radius 1 is 1.28 bits per heavy atom. The van der Waals surface area contributed by atoms with E-state index in [1.165, 1.54) is 0 Å². The third-order valence-electron chi connectivity index (χ3n) is 3.25. The maximum absolute atomic E-state index is 12.3. The first kappa shape index (κ1) is 13.5. The molecule has 1 aliphatic rings. The molecule has 1 aliphatic heterocycles. The third kappa shape index (κ3) is 3.54. The van der Waals surface area contributed by atoms with Crippen LogP contribution in [0.2, 0.25) is 0 Å². The summed E-state index contributed by atoms with van der Waals surface area (Å²) >= 11 is 0. The van der Waals surface area contributed by atoms with Crippen molar-refractivity contribution >= 4 is 10.0 Å². The number of hydrogen-bond acceptors (Lipinski definition) is 3. The number of hydrogen-bond donors (Lipinski definition) is 1. The molecule has 0 saturated carbocycles. The summed E-state index contributed by atoms with van der Waals surface area (Å²) in [5.74, 6) is 0.0994. The van der Waals surface area contributed by atoms with Crippen LogP contribution in [-0.4, -0.2) is 38.4 Å². The Morgan fingerprint density at radius 2 is 2.00 bits per heavy atom. The fraction of sp³-hybridized carbons (Fsp3) is 0.538. The minimum absolute atomic E-state index is 0.0994. The lowest BCUT2D eigenvalue weighted by Crippen LogP contribution is -2.35. The van der Waals surface area contributed by atoms with E-state index in [2.05, 4.69) is 12.2 Å². The van der Waals surface area contributed by atoms with E-state index in [9.17, 15) is 8.42 Å². The SMILES string of the molecule is CC1CCN(S(=O)(=O)Cc2ccccc2)CCN1.